The van der Waals surface area contributed by atoms with Crippen LogP contribution >= 0.6 is 0 Å². The summed E-state index contributed by atoms with van der Waals surface area (Å²) in [6.07, 6.45) is 5.35. The molecule has 0 bridgehead atoms. The summed E-state index contributed by atoms with van der Waals surface area (Å²) in [6.45, 7) is 1.94. The normalized spacial score (nSPS) is 18.7. The lowest BCUT2D eigenvalue weighted by Crippen LogP contribution is -2.39. The van der Waals surface area contributed by atoms with E-state index in [0.29, 0.717) is 11.7 Å². The number of nitrogens with zero attached hydrogens (tertiary/aromatic N) is 4. The van der Waals surface area contributed by atoms with E-state index in [4.69, 9.17) is 10.3 Å². The van der Waals surface area contributed by atoms with Crippen molar-refractivity contribution < 1.29 is 4.52 Å². The topological polar surface area (TPSA) is 82.8 Å². The third kappa shape index (κ3) is 2.16. The maximum absolute atomic E-state index is 6.41. The molecule has 6 heteroatoms. The maximum atomic E-state index is 6.41. The van der Waals surface area contributed by atoms with E-state index in [9.17, 15) is 0 Å². The number of hydrogen-bond acceptors (Lipinski definition) is 5. The average Bonchev–Trinajstić information content (AvgIpc) is 2.97. The molecule has 2 N–H and O–H groups in total. The van der Waals surface area contributed by atoms with E-state index in [-0.39, 0.29) is 0 Å². The van der Waals surface area contributed by atoms with Crippen LogP contribution in [-0.4, -0.2) is 19.9 Å². The first kappa shape index (κ1) is 12.3. The third-order valence-corrected chi connectivity index (χ3v) is 3.84. The SMILES string of the molecule is Cc1cc(-c2nc(C3(N)CCCCC3)no2)n(C)n1. The fourth-order valence-corrected chi connectivity index (χ4v) is 2.75. The largest absolute Gasteiger partial charge is 0.332 e. The maximum Gasteiger partial charge on any atom is 0.276 e. The molecule has 0 radical (unpaired) electrons. The number of rotatable bonds is 2. The molecule has 2 aromatic rings. The Morgan fingerprint density at radius 1 is 1.32 bits per heavy atom. The Labute approximate surface area is 112 Å². The molecular weight excluding hydrogens is 242 g/mol. The van der Waals surface area contributed by atoms with Crippen LogP contribution in [0.4, 0.5) is 0 Å². The van der Waals surface area contributed by atoms with Crippen molar-refractivity contribution in [3.05, 3.63) is 17.6 Å². The molecule has 2 heterocycles. The molecule has 1 saturated carbocycles. The van der Waals surface area contributed by atoms with E-state index in [1.165, 1.54) is 6.42 Å². The summed E-state index contributed by atoms with van der Waals surface area (Å²) in [4.78, 5) is 4.49. The monoisotopic (exact) mass is 261 g/mol. The minimum absolute atomic E-state index is 0.423. The van der Waals surface area contributed by atoms with Gasteiger partial charge in [0.2, 0.25) is 0 Å². The van der Waals surface area contributed by atoms with Crippen LogP contribution in [0.5, 0.6) is 0 Å². The number of hydrogen-bond donors (Lipinski definition) is 1. The lowest BCUT2D eigenvalue weighted by atomic mass is 9.82. The zero-order chi connectivity index (χ0) is 13.5. The van der Waals surface area contributed by atoms with Crippen LogP contribution in [0.1, 0.15) is 43.6 Å². The van der Waals surface area contributed by atoms with E-state index in [1.807, 2.05) is 20.0 Å². The second-order valence-electron chi connectivity index (χ2n) is 5.43. The van der Waals surface area contributed by atoms with Crippen molar-refractivity contribution in [1.82, 2.24) is 19.9 Å². The highest BCUT2D eigenvalue weighted by Crippen LogP contribution is 2.34. The second-order valence-corrected chi connectivity index (χ2v) is 5.43. The number of nitrogens with two attached hydrogens (primary N) is 1. The van der Waals surface area contributed by atoms with Crippen LogP contribution in [0.3, 0.4) is 0 Å². The van der Waals surface area contributed by atoms with Gasteiger partial charge in [-0.1, -0.05) is 24.4 Å². The van der Waals surface area contributed by atoms with E-state index in [0.717, 1.165) is 37.1 Å². The van der Waals surface area contributed by atoms with Gasteiger partial charge in [0.1, 0.15) is 5.69 Å². The van der Waals surface area contributed by atoms with Gasteiger partial charge >= 0.3 is 0 Å². The Balaban J connectivity index is 1.93. The van der Waals surface area contributed by atoms with Gasteiger partial charge < -0.3 is 10.3 Å². The minimum atomic E-state index is -0.423. The summed E-state index contributed by atoms with van der Waals surface area (Å²) in [5, 5.41) is 8.37. The Kier molecular flexibility index (Phi) is 2.89. The Morgan fingerprint density at radius 2 is 2.05 bits per heavy atom. The summed E-state index contributed by atoms with van der Waals surface area (Å²) < 4.78 is 7.11. The van der Waals surface area contributed by atoms with Gasteiger partial charge in [0.05, 0.1) is 11.2 Å². The molecule has 102 valence electrons. The molecule has 1 aliphatic carbocycles. The molecule has 0 atom stereocenters. The van der Waals surface area contributed by atoms with Crippen molar-refractivity contribution in [3.63, 3.8) is 0 Å². The smallest absolute Gasteiger partial charge is 0.276 e. The first-order valence-electron chi connectivity index (χ1n) is 6.73. The van der Waals surface area contributed by atoms with Gasteiger partial charge in [-0.2, -0.15) is 10.1 Å². The predicted molar refractivity (Wildman–Crippen MR) is 70.2 cm³/mol. The van der Waals surface area contributed by atoms with Crippen molar-refractivity contribution in [2.45, 2.75) is 44.6 Å². The standard InChI is InChI=1S/C13H19N5O/c1-9-8-10(18(2)16-9)11-15-12(17-19-11)13(14)6-4-3-5-7-13/h8H,3-7,14H2,1-2H3. The summed E-state index contributed by atoms with van der Waals surface area (Å²) in [7, 11) is 1.87. The number of aryl methyl sites for hydroxylation is 2. The highest BCUT2D eigenvalue weighted by Gasteiger charge is 2.34. The molecule has 6 nitrogen and oxygen atoms in total. The molecule has 0 unspecified atom stereocenters. The first-order chi connectivity index (χ1) is 9.08. The molecule has 0 aromatic carbocycles. The van der Waals surface area contributed by atoms with E-state index >= 15 is 0 Å². The lowest BCUT2D eigenvalue weighted by molar-refractivity contribution is 0.275. The van der Waals surface area contributed by atoms with Gasteiger partial charge in [-0.25, -0.2) is 0 Å². The zero-order valence-corrected chi connectivity index (χ0v) is 11.4. The van der Waals surface area contributed by atoms with Gasteiger partial charge in [0.15, 0.2) is 5.82 Å². The molecule has 0 amide bonds. The molecule has 0 aliphatic heterocycles. The van der Waals surface area contributed by atoms with E-state index in [1.54, 1.807) is 4.68 Å². The van der Waals surface area contributed by atoms with Crippen LogP contribution in [0.25, 0.3) is 11.6 Å². The molecule has 1 fully saturated rings. The van der Waals surface area contributed by atoms with Gasteiger partial charge in [0.25, 0.3) is 5.89 Å². The van der Waals surface area contributed by atoms with Crippen molar-refractivity contribution in [2.75, 3.05) is 0 Å². The summed E-state index contributed by atoms with van der Waals surface area (Å²) in [6, 6.07) is 1.93. The Bertz CT molecular complexity index is 580. The quantitative estimate of drug-likeness (QED) is 0.892. The third-order valence-electron chi connectivity index (χ3n) is 3.84. The minimum Gasteiger partial charge on any atom is -0.332 e. The molecule has 3 rings (SSSR count). The molecule has 0 spiro atoms. The van der Waals surface area contributed by atoms with Crippen LogP contribution in [0.2, 0.25) is 0 Å². The summed E-state index contributed by atoms with van der Waals surface area (Å²) in [5.74, 6) is 1.12. The average molecular weight is 261 g/mol. The Morgan fingerprint density at radius 3 is 2.68 bits per heavy atom. The highest BCUT2D eigenvalue weighted by molar-refractivity contribution is 5.47. The molecule has 2 aromatic heterocycles. The fraction of sp³-hybridized carbons (Fsp3) is 0.615. The highest BCUT2D eigenvalue weighted by atomic mass is 16.5. The van der Waals surface area contributed by atoms with Gasteiger partial charge in [-0.05, 0) is 25.8 Å². The fourth-order valence-electron chi connectivity index (χ4n) is 2.75. The Hall–Kier alpha value is -1.69. The molecular formula is C13H19N5O. The number of aromatic nitrogens is 4. The molecule has 1 aliphatic rings. The first-order valence-corrected chi connectivity index (χ1v) is 6.73. The van der Waals surface area contributed by atoms with Gasteiger partial charge in [-0.15, -0.1) is 0 Å². The van der Waals surface area contributed by atoms with Crippen molar-refractivity contribution in [1.29, 1.82) is 0 Å². The zero-order valence-electron chi connectivity index (χ0n) is 11.4. The summed E-state index contributed by atoms with van der Waals surface area (Å²) >= 11 is 0. The van der Waals surface area contributed by atoms with Crippen molar-refractivity contribution in [2.24, 2.45) is 12.8 Å². The van der Waals surface area contributed by atoms with Gasteiger partial charge in [-0.3, -0.25) is 4.68 Å². The van der Waals surface area contributed by atoms with Crippen LogP contribution in [0, 0.1) is 6.92 Å². The van der Waals surface area contributed by atoms with Crippen molar-refractivity contribution >= 4 is 0 Å². The second kappa shape index (κ2) is 4.45. The van der Waals surface area contributed by atoms with Crippen LogP contribution in [0.15, 0.2) is 10.6 Å². The van der Waals surface area contributed by atoms with E-state index in [2.05, 4.69) is 15.2 Å². The van der Waals surface area contributed by atoms with Gasteiger partial charge in [0, 0.05) is 7.05 Å². The van der Waals surface area contributed by atoms with Crippen molar-refractivity contribution in [3.8, 4) is 11.6 Å². The lowest BCUT2D eigenvalue weighted by Gasteiger charge is -2.29. The summed E-state index contributed by atoms with van der Waals surface area (Å²) in [5.41, 5.74) is 7.74. The van der Waals surface area contributed by atoms with E-state index < -0.39 is 5.54 Å². The molecule has 19 heavy (non-hydrogen) atoms. The van der Waals surface area contributed by atoms with Crippen LogP contribution < -0.4 is 5.73 Å². The molecule has 0 saturated heterocycles. The van der Waals surface area contributed by atoms with Crippen LogP contribution in [-0.2, 0) is 12.6 Å². The predicted octanol–water partition coefficient (Wildman–Crippen LogP) is 1.90.